The predicted molar refractivity (Wildman–Crippen MR) is 114 cm³/mol. The molecule has 0 radical (unpaired) electrons. The van der Waals surface area contributed by atoms with Crippen molar-refractivity contribution in [2.75, 3.05) is 32.1 Å². The molecule has 2 aromatic rings. The van der Waals surface area contributed by atoms with Crippen molar-refractivity contribution in [3.05, 3.63) is 47.2 Å². The Kier molecular flexibility index (Phi) is 6.76. The molecule has 0 saturated carbocycles. The maximum atomic E-state index is 14.2. The Hall–Kier alpha value is -2.58. The van der Waals surface area contributed by atoms with Crippen LogP contribution >= 0.6 is 11.3 Å². The number of hydrogen-bond donors (Lipinski definition) is 0. The van der Waals surface area contributed by atoms with Crippen molar-refractivity contribution in [1.82, 2.24) is 14.8 Å². The van der Waals surface area contributed by atoms with Crippen molar-refractivity contribution in [2.24, 2.45) is 0 Å². The van der Waals surface area contributed by atoms with Gasteiger partial charge in [-0.25, -0.2) is 9.37 Å². The zero-order valence-electron chi connectivity index (χ0n) is 16.8. The van der Waals surface area contributed by atoms with E-state index in [-0.39, 0.29) is 17.5 Å². The summed E-state index contributed by atoms with van der Waals surface area (Å²) in [5.41, 5.74) is 0.714. The van der Waals surface area contributed by atoms with Crippen molar-refractivity contribution >= 4 is 40.0 Å². The van der Waals surface area contributed by atoms with Gasteiger partial charge in [0.15, 0.2) is 5.13 Å². The smallest absolute Gasteiger partial charge is 0.246 e. The molecule has 1 atom stereocenters. The third kappa shape index (κ3) is 5.07. The molecule has 2 heterocycles. The van der Waals surface area contributed by atoms with E-state index in [9.17, 15) is 14.0 Å². The largest absolute Gasteiger partial charge is 0.338 e. The van der Waals surface area contributed by atoms with E-state index in [1.54, 1.807) is 23.6 Å². The van der Waals surface area contributed by atoms with Gasteiger partial charge < -0.3 is 9.80 Å². The average Bonchev–Trinajstić information content (AvgIpc) is 3.16. The number of para-hydroxylation sites is 1. The Morgan fingerprint density at radius 2 is 2.07 bits per heavy atom. The second-order valence-corrected chi connectivity index (χ2v) is 8.07. The van der Waals surface area contributed by atoms with E-state index < -0.39 is 5.82 Å². The fourth-order valence-electron chi connectivity index (χ4n) is 3.33. The Balaban J connectivity index is 1.73. The molecular formula is C21H25FN4O2S. The van der Waals surface area contributed by atoms with Gasteiger partial charge >= 0.3 is 0 Å². The SMILES string of the molecule is CC(=O)N(c1nc(/C=C/C(=O)N2CCCC(N(C)C)C2)cs1)c1ccccc1F. The molecule has 0 N–H and O–H groups in total. The summed E-state index contributed by atoms with van der Waals surface area (Å²) in [6, 6.07) is 6.45. The summed E-state index contributed by atoms with van der Waals surface area (Å²) >= 11 is 1.23. The zero-order chi connectivity index (χ0) is 21.0. The van der Waals surface area contributed by atoms with E-state index in [1.807, 2.05) is 19.0 Å². The Morgan fingerprint density at radius 1 is 1.31 bits per heavy atom. The predicted octanol–water partition coefficient (Wildman–Crippen LogP) is 3.53. The molecule has 1 aromatic carbocycles. The summed E-state index contributed by atoms with van der Waals surface area (Å²) in [6.45, 7) is 2.83. The van der Waals surface area contributed by atoms with Crippen LogP contribution in [0.25, 0.3) is 6.08 Å². The summed E-state index contributed by atoms with van der Waals surface area (Å²) in [4.78, 5) is 34.3. The number of halogens is 1. The molecule has 154 valence electrons. The monoisotopic (exact) mass is 416 g/mol. The van der Waals surface area contributed by atoms with E-state index in [4.69, 9.17) is 0 Å². The molecule has 0 bridgehead atoms. The molecule has 2 amide bonds. The fourth-order valence-corrected chi connectivity index (χ4v) is 4.18. The van der Waals surface area contributed by atoms with E-state index in [0.29, 0.717) is 23.4 Å². The highest BCUT2D eigenvalue weighted by atomic mass is 32.1. The molecule has 1 aliphatic heterocycles. The number of carbonyl (C=O) groups excluding carboxylic acids is 2. The van der Waals surface area contributed by atoms with Crippen LogP contribution in [-0.4, -0.2) is 59.8 Å². The topological polar surface area (TPSA) is 56.8 Å². The van der Waals surface area contributed by atoms with Crippen LogP contribution in [0.3, 0.4) is 0 Å². The van der Waals surface area contributed by atoms with Crippen LogP contribution in [0, 0.1) is 5.82 Å². The van der Waals surface area contributed by atoms with E-state index in [1.165, 1.54) is 41.4 Å². The number of anilines is 2. The lowest BCUT2D eigenvalue weighted by Gasteiger charge is -2.35. The normalized spacial score (nSPS) is 17.1. The first-order valence-corrected chi connectivity index (χ1v) is 10.4. The average molecular weight is 417 g/mol. The van der Waals surface area contributed by atoms with Gasteiger partial charge in [0.2, 0.25) is 11.8 Å². The van der Waals surface area contributed by atoms with Crippen LogP contribution in [0.4, 0.5) is 15.2 Å². The first kappa shape index (κ1) is 21.1. The zero-order valence-corrected chi connectivity index (χ0v) is 17.7. The first-order valence-electron chi connectivity index (χ1n) is 9.51. The van der Waals surface area contributed by atoms with Crippen molar-refractivity contribution in [3.8, 4) is 0 Å². The van der Waals surface area contributed by atoms with Gasteiger partial charge in [0, 0.05) is 37.5 Å². The summed E-state index contributed by atoms with van der Waals surface area (Å²) in [5.74, 6) is -0.881. The summed E-state index contributed by atoms with van der Waals surface area (Å²) in [5, 5.41) is 2.11. The highest BCUT2D eigenvalue weighted by Gasteiger charge is 2.24. The third-order valence-electron chi connectivity index (χ3n) is 4.94. The van der Waals surface area contributed by atoms with Crippen molar-refractivity contribution in [1.29, 1.82) is 0 Å². The molecule has 1 aliphatic rings. The maximum absolute atomic E-state index is 14.2. The minimum atomic E-state index is -0.495. The van der Waals surface area contributed by atoms with Crippen LogP contribution in [0.2, 0.25) is 0 Å². The van der Waals surface area contributed by atoms with Gasteiger partial charge in [-0.3, -0.25) is 14.5 Å². The van der Waals surface area contributed by atoms with Crippen molar-refractivity contribution in [2.45, 2.75) is 25.8 Å². The number of amides is 2. The van der Waals surface area contributed by atoms with Gasteiger partial charge in [0.1, 0.15) is 5.82 Å². The molecule has 1 unspecified atom stereocenters. The number of piperidine rings is 1. The van der Waals surface area contributed by atoms with Crippen molar-refractivity contribution < 1.29 is 14.0 Å². The van der Waals surface area contributed by atoms with Crippen molar-refractivity contribution in [3.63, 3.8) is 0 Å². The number of benzene rings is 1. The Bertz CT molecular complexity index is 912. The van der Waals surface area contributed by atoms with E-state index in [2.05, 4.69) is 9.88 Å². The molecule has 1 aromatic heterocycles. The minimum absolute atomic E-state index is 0.0522. The lowest BCUT2D eigenvalue weighted by molar-refractivity contribution is -0.127. The van der Waals surface area contributed by atoms with Crippen LogP contribution in [0.1, 0.15) is 25.5 Å². The number of hydrogen-bond acceptors (Lipinski definition) is 5. The number of nitrogens with zero attached hydrogens (tertiary/aromatic N) is 4. The van der Waals surface area contributed by atoms with E-state index >= 15 is 0 Å². The molecule has 3 rings (SSSR count). The number of thiazole rings is 1. The molecule has 1 fully saturated rings. The van der Waals surface area contributed by atoms with Crippen LogP contribution < -0.4 is 4.90 Å². The van der Waals surface area contributed by atoms with Gasteiger partial charge in [0.25, 0.3) is 0 Å². The number of aromatic nitrogens is 1. The molecule has 1 saturated heterocycles. The molecule has 0 aliphatic carbocycles. The highest BCUT2D eigenvalue weighted by Crippen LogP contribution is 2.31. The van der Waals surface area contributed by atoms with Gasteiger partial charge in [-0.2, -0.15) is 0 Å². The molecule has 29 heavy (non-hydrogen) atoms. The first-order chi connectivity index (χ1) is 13.9. The van der Waals surface area contributed by atoms with E-state index in [0.717, 1.165) is 19.4 Å². The highest BCUT2D eigenvalue weighted by molar-refractivity contribution is 7.14. The Morgan fingerprint density at radius 3 is 2.76 bits per heavy atom. The lowest BCUT2D eigenvalue weighted by Crippen LogP contribution is -2.47. The van der Waals surface area contributed by atoms with Gasteiger partial charge in [0.05, 0.1) is 11.4 Å². The number of rotatable bonds is 5. The van der Waals surface area contributed by atoms with Gasteiger partial charge in [-0.15, -0.1) is 11.3 Å². The van der Waals surface area contributed by atoms with Crippen LogP contribution in [-0.2, 0) is 9.59 Å². The van der Waals surface area contributed by atoms with Gasteiger partial charge in [-0.1, -0.05) is 12.1 Å². The van der Waals surface area contributed by atoms with Crippen LogP contribution in [0.15, 0.2) is 35.7 Å². The quantitative estimate of drug-likeness (QED) is 0.700. The maximum Gasteiger partial charge on any atom is 0.246 e. The molecule has 8 heteroatoms. The fraction of sp³-hybridized carbons (Fsp3) is 0.381. The number of likely N-dealkylation sites (N-methyl/N-ethyl adjacent to an activating group) is 1. The minimum Gasteiger partial charge on any atom is -0.338 e. The molecule has 0 spiro atoms. The van der Waals surface area contributed by atoms with Gasteiger partial charge in [-0.05, 0) is 45.1 Å². The lowest BCUT2D eigenvalue weighted by atomic mass is 10.0. The second kappa shape index (κ2) is 9.28. The number of likely N-dealkylation sites (tertiary alicyclic amines) is 1. The number of carbonyl (C=O) groups is 2. The molecule has 6 nitrogen and oxygen atoms in total. The Labute approximate surface area is 174 Å². The summed E-state index contributed by atoms with van der Waals surface area (Å²) in [7, 11) is 4.06. The second-order valence-electron chi connectivity index (χ2n) is 7.24. The summed E-state index contributed by atoms with van der Waals surface area (Å²) in [6.07, 6.45) is 5.23. The third-order valence-corrected chi connectivity index (χ3v) is 5.79. The standard InChI is InChI=1S/C21H25FN4O2S/c1-15(27)26(19-9-5-4-8-18(19)22)21-23-16(14-29-21)10-11-20(28)25-12-6-7-17(13-25)24(2)3/h4-5,8-11,14,17H,6-7,12-13H2,1-3H3/b11-10+. The summed E-state index contributed by atoms with van der Waals surface area (Å²) < 4.78 is 14.2. The van der Waals surface area contributed by atoms with Crippen LogP contribution in [0.5, 0.6) is 0 Å². The molecular weight excluding hydrogens is 391 g/mol.